The van der Waals surface area contributed by atoms with Gasteiger partial charge in [0.05, 0.1) is 12.7 Å². The summed E-state index contributed by atoms with van der Waals surface area (Å²) in [5.74, 6) is -0.501. The Morgan fingerprint density at radius 3 is 2.58 bits per heavy atom. The van der Waals surface area contributed by atoms with Gasteiger partial charge in [0.15, 0.2) is 0 Å². The van der Waals surface area contributed by atoms with Gasteiger partial charge in [-0.15, -0.1) is 0 Å². The lowest BCUT2D eigenvalue weighted by atomic mass is 9.92. The molecule has 0 bridgehead atoms. The Balaban J connectivity index is 1.76. The van der Waals surface area contributed by atoms with Gasteiger partial charge in [-0.05, 0) is 49.5 Å². The smallest absolute Gasteiger partial charge is 0.337 e. The third-order valence-corrected chi connectivity index (χ3v) is 5.22. The lowest BCUT2D eigenvalue weighted by Crippen LogP contribution is -2.45. The maximum Gasteiger partial charge on any atom is 0.337 e. The largest absolute Gasteiger partial charge is 0.465 e. The molecule has 1 saturated heterocycles. The highest BCUT2D eigenvalue weighted by Gasteiger charge is 2.32. The van der Waals surface area contributed by atoms with Crippen molar-refractivity contribution in [1.82, 2.24) is 4.90 Å². The molecular formula is C20H24N2O4. The summed E-state index contributed by atoms with van der Waals surface area (Å²) in [6.45, 7) is 5.32. The van der Waals surface area contributed by atoms with Gasteiger partial charge in [-0.2, -0.15) is 0 Å². The molecule has 0 aromatic heterocycles. The number of hydrogen-bond donors (Lipinski definition) is 0. The number of amides is 2. The van der Waals surface area contributed by atoms with E-state index in [1.807, 2.05) is 6.07 Å². The molecular weight excluding hydrogens is 332 g/mol. The fraction of sp³-hybridized carbons (Fsp3) is 0.450. The molecule has 1 fully saturated rings. The minimum absolute atomic E-state index is 0.0815. The van der Waals surface area contributed by atoms with Crippen molar-refractivity contribution in [2.75, 3.05) is 31.6 Å². The van der Waals surface area contributed by atoms with Crippen molar-refractivity contribution in [3.05, 3.63) is 42.0 Å². The van der Waals surface area contributed by atoms with E-state index in [1.165, 1.54) is 13.2 Å². The number of hydrogen-bond acceptors (Lipinski definition) is 4. The number of fused-ring (bicyclic) bond motifs is 1. The zero-order chi connectivity index (χ0) is 18.7. The van der Waals surface area contributed by atoms with E-state index in [0.717, 1.165) is 24.1 Å². The van der Waals surface area contributed by atoms with E-state index < -0.39 is 5.97 Å². The first-order chi connectivity index (χ1) is 12.5. The average Bonchev–Trinajstić information content (AvgIpc) is 2.71. The van der Waals surface area contributed by atoms with Crippen LogP contribution in [0.4, 0.5) is 5.69 Å². The summed E-state index contributed by atoms with van der Waals surface area (Å²) in [6, 6.07) is 5.42. The van der Waals surface area contributed by atoms with Crippen LogP contribution < -0.4 is 4.90 Å². The van der Waals surface area contributed by atoms with Crippen molar-refractivity contribution in [1.29, 1.82) is 0 Å². The van der Waals surface area contributed by atoms with Crippen molar-refractivity contribution >= 4 is 23.5 Å². The van der Waals surface area contributed by atoms with E-state index in [4.69, 9.17) is 4.74 Å². The molecule has 0 spiro atoms. The van der Waals surface area contributed by atoms with E-state index >= 15 is 0 Å². The maximum absolute atomic E-state index is 13.1. The number of carbonyl (C=O) groups is 3. The number of methoxy groups -OCH3 is 1. The van der Waals surface area contributed by atoms with Gasteiger partial charge in [0.1, 0.15) is 0 Å². The van der Waals surface area contributed by atoms with Crippen LogP contribution in [0, 0.1) is 5.92 Å². The summed E-state index contributed by atoms with van der Waals surface area (Å²) in [5, 5.41) is 0. The van der Waals surface area contributed by atoms with Crippen molar-refractivity contribution < 1.29 is 19.1 Å². The molecule has 138 valence electrons. The molecule has 0 saturated carbocycles. The number of rotatable bonds is 3. The second kappa shape index (κ2) is 7.72. The molecule has 2 amide bonds. The lowest BCUT2D eigenvalue weighted by Gasteiger charge is -2.36. The zero-order valence-electron chi connectivity index (χ0n) is 15.1. The van der Waals surface area contributed by atoms with Crippen LogP contribution in [0.2, 0.25) is 0 Å². The molecule has 1 aromatic carbocycles. The summed E-state index contributed by atoms with van der Waals surface area (Å²) in [6.07, 6.45) is 4.43. The summed E-state index contributed by atoms with van der Waals surface area (Å²) < 4.78 is 4.80. The predicted molar refractivity (Wildman–Crippen MR) is 98.0 cm³/mol. The van der Waals surface area contributed by atoms with E-state index in [9.17, 15) is 14.4 Å². The number of anilines is 1. The second-order valence-electron chi connectivity index (χ2n) is 6.73. The van der Waals surface area contributed by atoms with Gasteiger partial charge < -0.3 is 14.5 Å². The van der Waals surface area contributed by atoms with Crippen LogP contribution in [0.25, 0.3) is 0 Å². The SMILES string of the molecule is C=CC(=O)N1CCC(C(=O)N2CCCc3ccc(C(=O)OC)cc32)CC1. The van der Waals surface area contributed by atoms with Gasteiger partial charge in [0.2, 0.25) is 11.8 Å². The fourth-order valence-corrected chi connectivity index (χ4v) is 3.74. The molecule has 0 aliphatic carbocycles. The van der Waals surface area contributed by atoms with Crippen molar-refractivity contribution in [3.63, 3.8) is 0 Å². The van der Waals surface area contributed by atoms with Gasteiger partial charge >= 0.3 is 5.97 Å². The molecule has 0 unspecified atom stereocenters. The number of likely N-dealkylation sites (tertiary alicyclic amines) is 1. The minimum atomic E-state index is -0.401. The van der Waals surface area contributed by atoms with E-state index in [2.05, 4.69) is 6.58 Å². The van der Waals surface area contributed by atoms with Crippen molar-refractivity contribution in [3.8, 4) is 0 Å². The molecule has 3 rings (SSSR count). The monoisotopic (exact) mass is 356 g/mol. The number of piperidine rings is 1. The first kappa shape index (κ1) is 18.2. The third-order valence-electron chi connectivity index (χ3n) is 5.22. The Bertz CT molecular complexity index is 735. The van der Waals surface area contributed by atoms with Gasteiger partial charge in [-0.25, -0.2) is 4.79 Å². The van der Waals surface area contributed by atoms with E-state index in [-0.39, 0.29) is 17.7 Å². The Kier molecular flexibility index (Phi) is 5.40. The molecule has 26 heavy (non-hydrogen) atoms. The molecule has 2 aliphatic rings. The lowest BCUT2D eigenvalue weighted by molar-refractivity contribution is -0.131. The highest BCUT2D eigenvalue weighted by molar-refractivity contribution is 5.98. The van der Waals surface area contributed by atoms with E-state index in [0.29, 0.717) is 38.0 Å². The number of nitrogens with zero attached hydrogens (tertiary/aromatic N) is 2. The predicted octanol–water partition coefficient (Wildman–Crippen LogP) is 2.18. The van der Waals surface area contributed by atoms with Crippen LogP contribution in [0.1, 0.15) is 35.2 Å². The number of ether oxygens (including phenoxy) is 1. The number of esters is 1. The van der Waals surface area contributed by atoms with Crippen LogP contribution in [0.5, 0.6) is 0 Å². The molecule has 2 heterocycles. The minimum Gasteiger partial charge on any atom is -0.465 e. The van der Waals surface area contributed by atoms with Crippen molar-refractivity contribution in [2.45, 2.75) is 25.7 Å². The van der Waals surface area contributed by atoms with Gasteiger partial charge in [0, 0.05) is 31.2 Å². The maximum atomic E-state index is 13.1. The first-order valence-corrected chi connectivity index (χ1v) is 8.99. The Labute approximate surface area is 153 Å². The first-order valence-electron chi connectivity index (χ1n) is 8.99. The van der Waals surface area contributed by atoms with Crippen LogP contribution in [-0.2, 0) is 20.7 Å². The third kappa shape index (κ3) is 3.49. The topological polar surface area (TPSA) is 66.9 Å². The van der Waals surface area contributed by atoms with E-state index in [1.54, 1.807) is 21.9 Å². The Hall–Kier alpha value is -2.63. The quantitative estimate of drug-likeness (QED) is 0.615. The molecule has 2 aliphatic heterocycles. The number of carbonyl (C=O) groups excluding carboxylic acids is 3. The molecule has 6 heteroatoms. The van der Waals surface area contributed by atoms with Crippen LogP contribution in [-0.4, -0.2) is 49.4 Å². The number of benzene rings is 1. The Morgan fingerprint density at radius 2 is 1.92 bits per heavy atom. The standard InChI is InChI=1S/C20H24N2O4/c1-3-18(23)21-11-8-15(9-12-21)19(24)22-10-4-5-14-6-7-16(13-17(14)22)20(25)26-2/h3,6-7,13,15H,1,4-5,8-12H2,2H3. The fourth-order valence-electron chi connectivity index (χ4n) is 3.74. The number of aryl methyl sites for hydroxylation is 1. The van der Waals surface area contributed by atoms with Crippen LogP contribution in [0.15, 0.2) is 30.9 Å². The molecule has 1 aromatic rings. The van der Waals surface area contributed by atoms with Crippen molar-refractivity contribution in [2.24, 2.45) is 5.92 Å². The van der Waals surface area contributed by atoms with Gasteiger partial charge in [0.25, 0.3) is 0 Å². The highest BCUT2D eigenvalue weighted by atomic mass is 16.5. The summed E-state index contributed by atoms with van der Waals surface area (Å²) >= 11 is 0. The van der Waals surface area contributed by atoms with Gasteiger partial charge in [-0.3, -0.25) is 9.59 Å². The molecule has 0 N–H and O–H groups in total. The molecule has 6 nitrogen and oxygen atoms in total. The van der Waals surface area contributed by atoms with Gasteiger partial charge in [-0.1, -0.05) is 12.6 Å². The average molecular weight is 356 g/mol. The Morgan fingerprint density at radius 1 is 1.19 bits per heavy atom. The molecule has 0 atom stereocenters. The molecule has 0 radical (unpaired) electrons. The highest BCUT2D eigenvalue weighted by Crippen LogP contribution is 2.31. The van der Waals surface area contributed by atoms with Crippen LogP contribution >= 0.6 is 0 Å². The second-order valence-corrected chi connectivity index (χ2v) is 6.73. The summed E-state index contributed by atoms with van der Waals surface area (Å²) in [5.41, 5.74) is 2.35. The van der Waals surface area contributed by atoms with Crippen LogP contribution in [0.3, 0.4) is 0 Å². The summed E-state index contributed by atoms with van der Waals surface area (Å²) in [4.78, 5) is 40.2. The normalized spacial score (nSPS) is 17.4. The summed E-state index contributed by atoms with van der Waals surface area (Å²) in [7, 11) is 1.35. The zero-order valence-corrected chi connectivity index (χ0v) is 15.1.